The average Bonchev–Trinajstić information content (AvgIpc) is 2.99. The molecule has 3 rings (SSSR count). The Bertz CT molecular complexity index is 1220. The standard InChI is InChI=1S/C34H42N2O5/c1-4-6-8-10-12-26(3)40-33(37)28-15-21-32(22-16-28)41-34(38)27-13-17-29(18-14-27)35-36-30-19-23-31(24-20-30)39-25-11-9-7-5-2/h13-24,26H,4-12,25H2,1-3H3/t26-/m0/s1. The van der Waals surface area contributed by atoms with Gasteiger partial charge >= 0.3 is 11.9 Å². The van der Waals surface area contributed by atoms with Crippen LogP contribution in [0.25, 0.3) is 0 Å². The number of hydrogen-bond acceptors (Lipinski definition) is 7. The van der Waals surface area contributed by atoms with Gasteiger partial charge in [-0.15, -0.1) is 0 Å². The number of carbonyl (C=O) groups is 2. The molecule has 0 aliphatic rings. The largest absolute Gasteiger partial charge is 0.494 e. The van der Waals surface area contributed by atoms with Crippen LogP contribution in [0.4, 0.5) is 11.4 Å². The zero-order chi connectivity index (χ0) is 29.3. The second-order valence-corrected chi connectivity index (χ2v) is 10.1. The highest BCUT2D eigenvalue weighted by Gasteiger charge is 2.13. The normalized spacial score (nSPS) is 11.8. The van der Waals surface area contributed by atoms with E-state index in [2.05, 4.69) is 24.1 Å². The summed E-state index contributed by atoms with van der Waals surface area (Å²) in [5.74, 6) is 0.282. The van der Waals surface area contributed by atoms with Gasteiger partial charge in [0, 0.05) is 0 Å². The van der Waals surface area contributed by atoms with Gasteiger partial charge in [0.2, 0.25) is 0 Å². The maximum atomic E-state index is 12.6. The summed E-state index contributed by atoms with van der Waals surface area (Å²) in [5, 5.41) is 8.50. The minimum atomic E-state index is -0.505. The SMILES string of the molecule is CCCCCCOc1ccc(N=Nc2ccc(C(=O)Oc3ccc(C(=O)O[C@@H](C)CCCCCC)cc3)cc2)cc1. The third-order valence-corrected chi connectivity index (χ3v) is 6.56. The smallest absolute Gasteiger partial charge is 0.343 e. The summed E-state index contributed by atoms with van der Waals surface area (Å²) in [5.41, 5.74) is 2.12. The van der Waals surface area contributed by atoms with Crippen molar-refractivity contribution in [1.82, 2.24) is 0 Å². The lowest BCUT2D eigenvalue weighted by molar-refractivity contribution is 0.0319. The van der Waals surface area contributed by atoms with Crippen LogP contribution in [0.15, 0.2) is 83.0 Å². The van der Waals surface area contributed by atoms with Crippen LogP contribution in [0.1, 0.15) is 99.3 Å². The van der Waals surface area contributed by atoms with Crippen molar-refractivity contribution in [1.29, 1.82) is 0 Å². The lowest BCUT2D eigenvalue weighted by Crippen LogP contribution is -2.15. The quantitative estimate of drug-likeness (QED) is 0.0712. The lowest BCUT2D eigenvalue weighted by atomic mass is 10.1. The molecule has 0 aliphatic carbocycles. The number of carbonyl (C=O) groups excluding carboxylic acids is 2. The summed E-state index contributed by atoms with van der Waals surface area (Å²) >= 11 is 0. The van der Waals surface area contributed by atoms with Crippen LogP contribution in [-0.4, -0.2) is 24.6 Å². The van der Waals surface area contributed by atoms with Gasteiger partial charge in [-0.25, -0.2) is 9.59 Å². The van der Waals surface area contributed by atoms with E-state index in [1.807, 2.05) is 31.2 Å². The minimum Gasteiger partial charge on any atom is -0.494 e. The summed E-state index contributed by atoms with van der Waals surface area (Å²) < 4.78 is 16.7. The van der Waals surface area contributed by atoms with Crippen molar-refractivity contribution in [3.8, 4) is 11.5 Å². The summed E-state index contributed by atoms with van der Waals surface area (Å²) in [6.07, 6.45) is 9.96. The molecule has 0 spiro atoms. The van der Waals surface area contributed by atoms with Crippen LogP contribution >= 0.6 is 0 Å². The van der Waals surface area contributed by atoms with E-state index in [-0.39, 0.29) is 12.1 Å². The predicted molar refractivity (Wildman–Crippen MR) is 162 cm³/mol. The first-order chi connectivity index (χ1) is 20.0. The zero-order valence-corrected chi connectivity index (χ0v) is 24.5. The van der Waals surface area contributed by atoms with E-state index in [1.165, 1.54) is 32.1 Å². The fourth-order valence-electron chi connectivity index (χ4n) is 4.10. The molecule has 0 heterocycles. The molecule has 0 saturated heterocycles. The number of benzene rings is 3. The number of hydrogen-bond donors (Lipinski definition) is 0. The molecule has 0 fully saturated rings. The first kappa shape index (κ1) is 31.5. The minimum absolute atomic E-state index is 0.135. The molecule has 0 unspecified atom stereocenters. The lowest BCUT2D eigenvalue weighted by Gasteiger charge is -2.13. The predicted octanol–water partition coefficient (Wildman–Crippen LogP) is 9.80. The Morgan fingerprint density at radius 3 is 1.76 bits per heavy atom. The van der Waals surface area contributed by atoms with E-state index in [0.717, 1.165) is 31.4 Å². The monoisotopic (exact) mass is 558 g/mol. The second kappa shape index (κ2) is 17.6. The summed E-state index contributed by atoms with van der Waals surface area (Å²) in [6.45, 7) is 6.99. The van der Waals surface area contributed by atoms with Crippen LogP contribution in [0.2, 0.25) is 0 Å². The summed E-state index contributed by atoms with van der Waals surface area (Å²) in [6, 6.07) is 20.6. The number of azo groups is 1. The summed E-state index contributed by atoms with van der Waals surface area (Å²) in [4.78, 5) is 25.0. The highest BCUT2D eigenvalue weighted by atomic mass is 16.5. The Kier molecular flexibility index (Phi) is 13.6. The average molecular weight is 559 g/mol. The van der Waals surface area contributed by atoms with Crippen LogP contribution < -0.4 is 9.47 Å². The van der Waals surface area contributed by atoms with Crippen molar-refractivity contribution >= 4 is 23.3 Å². The van der Waals surface area contributed by atoms with Crippen molar-refractivity contribution in [3.05, 3.63) is 83.9 Å². The molecule has 0 N–H and O–H groups in total. The molecule has 7 heteroatoms. The van der Waals surface area contributed by atoms with Gasteiger partial charge in [0.15, 0.2) is 0 Å². The molecule has 0 amide bonds. The molecule has 3 aromatic carbocycles. The van der Waals surface area contributed by atoms with Crippen molar-refractivity contribution in [2.45, 2.75) is 84.7 Å². The third-order valence-electron chi connectivity index (χ3n) is 6.56. The topological polar surface area (TPSA) is 86.5 Å². The maximum absolute atomic E-state index is 12.6. The molecule has 1 atom stereocenters. The van der Waals surface area contributed by atoms with Crippen molar-refractivity contribution in [2.75, 3.05) is 6.61 Å². The Balaban J connectivity index is 1.45. The van der Waals surface area contributed by atoms with Gasteiger partial charge in [0.25, 0.3) is 0 Å². The van der Waals surface area contributed by atoms with Gasteiger partial charge < -0.3 is 14.2 Å². The molecule has 0 bridgehead atoms. The maximum Gasteiger partial charge on any atom is 0.343 e. The van der Waals surface area contributed by atoms with Gasteiger partial charge in [0.1, 0.15) is 11.5 Å². The molecule has 3 aromatic rings. The fraction of sp³-hybridized carbons (Fsp3) is 0.412. The Morgan fingerprint density at radius 2 is 1.15 bits per heavy atom. The van der Waals surface area contributed by atoms with Crippen molar-refractivity contribution in [2.24, 2.45) is 10.2 Å². The van der Waals surface area contributed by atoms with Gasteiger partial charge in [-0.1, -0.05) is 52.4 Å². The van der Waals surface area contributed by atoms with E-state index in [4.69, 9.17) is 14.2 Å². The van der Waals surface area contributed by atoms with E-state index in [1.54, 1.807) is 48.5 Å². The Hall–Kier alpha value is -4.00. The third kappa shape index (κ3) is 11.6. The number of ether oxygens (including phenoxy) is 3. The number of rotatable bonds is 17. The summed E-state index contributed by atoms with van der Waals surface area (Å²) in [7, 11) is 0. The first-order valence-electron chi connectivity index (χ1n) is 14.8. The van der Waals surface area contributed by atoms with Crippen LogP contribution in [0, 0.1) is 0 Å². The molecular formula is C34H42N2O5. The Morgan fingerprint density at radius 1 is 0.634 bits per heavy atom. The van der Waals surface area contributed by atoms with Gasteiger partial charge in [-0.2, -0.15) is 10.2 Å². The van der Waals surface area contributed by atoms with E-state index >= 15 is 0 Å². The van der Waals surface area contributed by atoms with Crippen molar-refractivity contribution < 1.29 is 23.8 Å². The van der Waals surface area contributed by atoms with Crippen molar-refractivity contribution in [3.63, 3.8) is 0 Å². The molecule has 7 nitrogen and oxygen atoms in total. The molecule has 0 aromatic heterocycles. The number of esters is 2. The molecule has 0 saturated carbocycles. The van der Waals surface area contributed by atoms with Gasteiger partial charge in [-0.05, 0) is 99.0 Å². The first-order valence-corrected chi connectivity index (χ1v) is 14.8. The number of nitrogens with zero attached hydrogens (tertiary/aromatic N) is 2. The Labute approximate surface area is 243 Å². The van der Waals surface area contributed by atoms with E-state index < -0.39 is 5.97 Å². The fourth-order valence-corrected chi connectivity index (χ4v) is 4.10. The molecule has 0 aliphatic heterocycles. The van der Waals surface area contributed by atoms with Crippen LogP contribution in [0.5, 0.6) is 11.5 Å². The van der Waals surface area contributed by atoms with E-state index in [9.17, 15) is 9.59 Å². The van der Waals surface area contributed by atoms with Gasteiger partial charge in [0.05, 0.1) is 35.2 Å². The second-order valence-electron chi connectivity index (χ2n) is 10.1. The molecule has 218 valence electrons. The van der Waals surface area contributed by atoms with Crippen LogP contribution in [-0.2, 0) is 4.74 Å². The molecule has 0 radical (unpaired) electrons. The zero-order valence-electron chi connectivity index (χ0n) is 24.5. The molecular weight excluding hydrogens is 516 g/mol. The highest BCUT2D eigenvalue weighted by molar-refractivity contribution is 5.92. The highest BCUT2D eigenvalue weighted by Crippen LogP contribution is 2.23. The van der Waals surface area contributed by atoms with Crippen LogP contribution in [0.3, 0.4) is 0 Å². The number of unbranched alkanes of at least 4 members (excludes halogenated alkanes) is 6. The van der Waals surface area contributed by atoms with Gasteiger partial charge in [-0.3, -0.25) is 0 Å². The van der Waals surface area contributed by atoms with E-state index in [0.29, 0.717) is 34.9 Å². The molecule has 41 heavy (non-hydrogen) atoms.